The zero-order chi connectivity index (χ0) is 21.8. The average Bonchev–Trinajstić information content (AvgIpc) is 3.42. The van der Waals surface area contributed by atoms with Crippen LogP contribution in [0.3, 0.4) is 0 Å². The van der Waals surface area contributed by atoms with Crippen molar-refractivity contribution in [2.45, 2.75) is 18.9 Å². The second-order valence-corrected chi connectivity index (χ2v) is 7.37. The fourth-order valence-electron chi connectivity index (χ4n) is 3.85. The number of hydrogen-bond donors (Lipinski definition) is 2. The summed E-state index contributed by atoms with van der Waals surface area (Å²) in [7, 11) is 1.36. The topological polar surface area (TPSA) is 111 Å². The van der Waals surface area contributed by atoms with Crippen LogP contribution in [0.25, 0.3) is 0 Å². The first-order valence-electron chi connectivity index (χ1n) is 10.0. The summed E-state index contributed by atoms with van der Waals surface area (Å²) in [6, 6.07) is 8.13. The number of urea groups is 1. The summed E-state index contributed by atoms with van der Waals surface area (Å²) in [5.41, 5.74) is 1.03. The molecule has 0 saturated carbocycles. The van der Waals surface area contributed by atoms with Crippen molar-refractivity contribution < 1.29 is 28.6 Å². The maximum absolute atomic E-state index is 12.3. The van der Waals surface area contributed by atoms with Gasteiger partial charge in [0.25, 0.3) is 0 Å². The highest BCUT2D eigenvalue weighted by atomic mass is 16.7. The van der Waals surface area contributed by atoms with Crippen molar-refractivity contribution in [1.29, 1.82) is 0 Å². The summed E-state index contributed by atoms with van der Waals surface area (Å²) in [6.07, 6.45) is 3.45. The van der Waals surface area contributed by atoms with E-state index in [2.05, 4.69) is 10.6 Å². The second kappa shape index (κ2) is 9.09. The lowest BCUT2D eigenvalue weighted by atomic mass is 10.0. The van der Waals surface area contributed by atoms with Gasteiger partial charge in [-0.25, -0.2) is 9.59 Å². The van der Waals surface area contributed by atoms with Crippen LogP contribution in [0.4, 0.5) is 10.5 Å². The number of imide groups is 1. The Labute approximate surface area is 179 Å². The minimum absolute atomic E-state index is 0.122. The second-order valence-electron chi connectivity index (χ2n) is 7.37. The third kappa shape index (κ3) is 4.80. The van der Waals surface area contributed by atoms with E-state index < -0.39 is 6.03 Å². The van der Waals surface area contributed by atoms with Gasteiger partial charge in [0.1, 0.15) is 5.69 Å². The van der Waals surface area contributed by atoms with Crippen LogP contribution in [0.5, 0.6) is 11.5 Å². The van der Waals surface area contributed by atoms with Crippen LogP contribution in [0, 0.1) is 0 Å². The van der Waals surface area contributed by atoms with E-state index in [1.54, 1.807) is 24.3 Å². The van der Waals surface area contributed by atoms with Crippen molar-refractivity contribution >= 4 is 23.6 Å². The Morgan fingerprint density at radius 3 is 2.68 bits per heavy atom. The fourth-order valence-corrected chi connectivity index (χ4v) is 3.85. The molecule has 1 saturated heterocycles. The number of piperidine rings is 1. The molecule has 0 unspecified atom stereocenters. The molecule has 4 rings (SSSR count). The molecule has 3 heterocycles. The molecule has 3 amide bonds. The standard InChI is InChI=1S/C21H24N4O6/c1-29-20(27)16-3-2-8-25(16)15-6-9-24(10-7-15)12-19(26)23-21(28)22-14-4-5-17-18(11-14)31-13-30-17/h2-5,8,11,15H,6-7,9-10,12-13H2,1H3,(H2,22,23,26,28). The molecular weight excluding hydrogens is 404 g/mol. The first-order valence-corrected chi connectivity index (χ1v) is 10.0. The summed E-state index contributed by atoms with van der Waals surface area (Å²) >= 11 is 0. The largest absolute Gasteiger partial charge is 0.464 e. The number of aromatic nitrogens is 1. The number of methoxy groups -OCH3 is 1. The molecule has 1 aromatic carbocycles. The lowest BCUT2D eigenvalue weighted by Gasteiger charge is -2.32. The number of carbonyl (C=O) groups is 3. The highest BCUT2D eigenvalue weighted by Crippen LogP contribution is 2.34. The SMILES string of the molecule is COC(=O)c1cccn1C1CCN(CC(=O)NC(=O)Nc2ccc3c(c2)OCO3)CC1. The minimum atomic E-state index is -0.603. The Hall–Kier alpha value is -3.53. The van der Waals surface area contributed by atoms with Gasteiger partial charge in [0, 0.05) is 37.1 Å². The van der Waals surface area contributed by atoms with Crippen LogP contribution in [-0.2, 0) is 9.53 Å². The first-order chi connectivity index (χ1) is 15.0. The van der Waals surface area contributed by atoms with Crippen molar-refractivity contribution in [1.82, 2.24) is 14.8 Å². The lowest BCUT2D eigenvalue weighted by molar-refractivity contribution is -0.121. The number of fused-ring (bicyclic) bond motifs is 1. The predicted molar refractivity (Wildman–Crippen MR) is 110 cm³/mol. The molecule has 1 fully saturated rings. The van der Waals surface area contributed by atoms with E-state index >= 15 is 0 Å². The Bertz CT molecular complexity index is 980. The molecule has 2 aliphatic heterocycles. The van der Waals surface area contributed by atoms with Crippen LogP contribution in [-0.4, -0.2) is 60.9 Å². The van der Waals surface area contributed by atoms with Gasteiger partial charge in [-0.2, -0.15) is 0 Å². The minimum Gasteiger partial charge on any atom is -0.464 e. The Morgan fingerprint density at radius 2 is 1.90 bits per heavy atom. The highest BCUT2D eigenvalue weighted by molar-refractivity contribution is 6.01. The van der Waals surface area contributed by atoms with E-state index in [0.29, 0.717) is 36.0 Å². The molecule has 10 nitrogen and oxygen atoms in total. The summed E-state index contributed by atoms with van der Waals surface area (Å²) < 4.78 is 17.3. The number of nitrogens with zero attached hydrogens (tertiary/aromatic N) is 2. The van der Waals surface area contributed by atoms with Crippen LogP contribution in [0.2, 0.25) is 0 Å². The summed E-state index contributed by atoms with van der Waals surface area (Å²) in [4.78, 5) is 38.3. The van der Waals surface area contributed by atoms with Gasteiger partial charge in [-0.1, -0.05) is 0 Å². The van der Waals surface area contributed by atoms with Crippen molar-refractivity contribution in [3.05, 3.63) is 42.2 Å². The van der Waals surface area contributed by atoms with Gasteiger partial charge in [-0.3, -0.25) is 15.0 Å². The third-order valence-electron chi connectivity index (χ3n) is 5.37. The monoisotopic (exact) mass is 428 g/mol. The molecular formula is C21H24N4O6. The molecule has 0 bridgehead atoms. The maximum Gasteiger partial charge on any atom is 0.354 e. The molecule has 164 valence electrons. The number of esters is 1. The zero-order valence-corrected chi connectivity index (χ0v) is 17.1. The van der Waals surface area contributed by atoms with Gasteiger partial charge in [-0.15, -0.1) is 0 Å². The molecule has 0 atom stereocenters. The molecule has 0 radical (unpaired) electrons. The van der Waals surface area contributed by atoms with E-state index in [1.807, 2.05) is 21.7 Å². The van der Waals surface area contributed by atoms with Gasteiger partial charge >= 0.3 is 12.0 Å². The first kappa shape index (κ1) is 20.7. The van der Waals surface area contributed by atoms with Crippen LogP contribution in [0.15, 0.2) is 36.5 Å². The van der Waals surface area contributed by atoms with Gasteiger partial charge in [-0.05, 0) is 37.1 Å². The Kier molecular flexibility index (Phi) is 6.08. The highest BCUT2D eigenvalue weighted by Gasteiger charge is 2.25. The van der Waals surface area contributed by atoms with Crippen LogP contribution in [0.1, 0.15) is 29.4 Å². The summed E-state index contributed by atoms with van der Waals surface area (Å²) in [6.45, 7) is 1.63. The summed E-state index contributed by atoms with van der Waals surface area (Å²) in [5.74, 6) is 0.419. The average molecular weight is 428 g/mol. The number of ether oxygens (including phenoxy) is 3. The molecule has 0 spiro atoms. The number of anilines is 1. The van der Waals surface area contributed by atoms with E-state index in [0.717, 1.165) is 12.8 Å². The number of hydrogen-bond acceptors (Lipinski definition) is 7. The molecule has 31 heavy (non-hydrogen) atoms. The number of amides is 3. The van der Waals surface area contributed by atoms with Gasteiger partial charge in [0.05, 0.1) is 13.7 Å². The molecule has 2 N–H and O–H groups in total. The predicted octanol–water partition coefficient (Wildman–Crippen LogP) is 1.99. The smallest absolute Gasteiger partial charge is 0.354 e. The molecule has 2 aliphatic rings. The number of nitrogens with one attached hydrogen (secondary N) is 2. The Morgan fingerprint density at radius 1 is 1.13 bits per heavy atom. The van der Waals surface area contributed by atoms with E-state index in [1.165, 1.54) is 7.11 Å². The van der Waals surface area contributed by atoms with Gasteiger partial charge in [0.2, 0.25) is 12.7 Å². The number of carbonyl (C=O) groups excluding carboxylic acids is 3. The third-order valence-corrected chi connectivity index (χ3v) is 5.37. The van der Waals surface area contributed by atoms with Crippen LogP contribution >= 0.6 is 0 Å². The van der Waals surface area contributed by atoms with E-state index in [9.17, 15) is 14.4 Å². The van der Waals surface area contributed by atoms with Gasteiger partial charge in [0.15, 0.2) is 11.5 Å². The van der Waals surface area contributed by atoms with Crippen molar-refractivity contribution in [2.75, 3.05) is 38.9 Å². The number of likely N-dealkylation sites (tertiary alicyclic amines) is 1. The van der Waals surface area contributed by atoms with Gasteiger partial charge < -0.3 is 24.1 Å². The zero-order valence-electron chi connectivity index (χ0n) is 17.1. The van der Waals surface area contributed by atoms with Crippen LogP contribution < -0.4 is 20.1 Å². The maximum atomic E-state index is 12.3. The molecule has 10 heteroatoms. The van der Waals surface area contributed by atoms with Crippen molar-refractivity contribution in [3.8, 4) is 11.5 Å². The fraction of sp³-hybridized carbons (Fsp3) is 0.381. The van der Waals surface area contributed by atoms with Crippen molar-refractivity contribution in [3.63, 3.8) is 0 Å². The number of rotatable bonds is 5. The van der Waals surface area contributed by atoms with Crippen molar-refractivity contribution in [2.24, 2.45) is 0 Å². The number of benzene rings is 1. The normalized spacial score (nSPS) is 16.0. The van der Waals surface area contributed by atoms with E-state index in [4.69, 9.17) is 14.2 Å². The van der Waals surface area contributed by atoms with E-state index in [-0.39, 0.29) is 31.3 Å². The quantitative estimate of drug-likeness (QED) is 0.701. The summed E-state index contributed by atoms with van der Waals surface area (Å²) in [5, 5.41) is 4.96. The molecule has 0 aliphatic carbocycles. The Balaban J connectivity index is 1.23. The molecule has 2 aromatic rings. The lowest BCUT2D eigenvalue weighted by Crippen LogP contribution is -2.44. The molecule has 1 aromatic heterocycles.